The van der Waals surface area contributed by atoms with Crippen molar-refractivity contribution >= 4 is 39.0 Å². The smallest absolute Gasteiger partial charge is 0.218 e. The lowest BCUT2D eigenvalue weighted by atomic mass is 10.2. The first-order valence-electron chi connectivity index (χ1n) is 3.59. The summed E-state index contributed by atoms with van der Waals surface area (Å²) in [4.78, 5) is 21.5. The van der Waals surface area contributed by atoms with Gasteiger partial charge in [-0.05, 0) is 11.4 Å². The van der Waals surface area contributed by atoms with Crippen LogP contribution < -0.4 is 5.32 Å². The number of rotatable bonds is 3. The van der Waals surface area contributed by atoms with Crippen molar-refractivity contribution in [3.63, 3.8) is 0 Å². The maximum absolute atomic E-state index is 11.5. The molecule has 0 aliphatic carbocycles. The van der Waals surface area contributed by atoms with Crippen molar-refractivity contribution in [2.45, 2.75) is 11.9 Å². The quantitative estimate of drug-likeness (QED) is 0.513. The summed E-state index contributed by atoms with van der Waals surface area (Å²) in [7, 11) is 0. The number of ketones is 1. The highest BCUT2D eigenvalue weighted by atomic mass is 79.9. The molecule has 1 heterocycles. The number of thiophene rings is 1. The molecule has 0 spiro atoms. The van der Waals surface area contributed by atoms with Gasteiger partial charge >= 0.3 is 0 Å². The molecule has 1 aromatic heterocycles. The van der Waals surface area contributed by atoms with Gasteiger partial charge in [0.2, 0.25) is 5.91 Å². The lowest BCUT2D eigenvalue weighted by molar-refractivity contribution is -0.118. The molecular weight excluding hydrogens is 254 g/mol. The summed E-state index contributed by atoms with van der Waals surface area (Å²) in [5.41, 5.74) is 0.612. The maximum Gasteiger partial charge on any atom is 0.218 e. The highest BCUT2D eigenvalue weighted by molar-refractivity contribution is 9.10. The summed E-state index contributed by atoms with van der Waals surface area (Å²) in [6.07, 6.45) is 0. The SMILES string of the molecule is CC(=O)NC(Br)C(=O)c1ccsc1. The Morgan fingerprint density at radius 3 is 2.77 bits per heavy atom. The normalized spacial score (nSPS) is 12.2. The van der Waals surface area contributed by atoms with E-state index in [2.05, 4.69) is 21.2 Å². The molecule has 70 valence electrons. The molecular formula is C8H8BrNO2S. The molecule has 0 radical (unpaired) electrons. The Morgan fingerprint density at radius 1 is 1.62 bits per heavy atom. The van der Waals surface area contributed by atoms with Gasteiger partial charge in [0, 0.05) is 17.9 Å². The first-order valence-corrected chi connectivity index (χ1v) is 5.44. The van der Waals surface area contributed by atoms with Crippen LogP contribution in [0.15, 0.2) is 16.8 Å². The van der Waals surface area contributed by atoms with Gasteiger partial charge in [-0.15, -0.1) is 0 Å². The molecule has 1 aromatic rings. The lowest BCUT2D eigenvalue weighted by Gasteiger charge is -2.07. The van der Waals surface area contributed by atoms with Crippen LogP contribution in [0.3, 0.4) is 0 Å². The summed E-state index contributed by atoms with van der Waals surface area (Å²) in [6.45, 7) is 1.37. The fraction of sp³-hybridized carbons (Fsp3) is 0.250. The highest BCUT2D eigenvalue weighted by Gasteiger charge is 2.17. The number of carbonyl (C=O) groups excluding carboxylic acids is 2. The van der Waals surface area contributed by atoms with Crippen molar-refractivity contribution in [2.75, 3.05) is 0 Å². The number of hydrogen-bond acceptors (Lipinski definition) is 3. The van der Waals surface area contributed by atoms with Crippen molar-refractivity contribution < 1.29 is 9.59 Å². The van der Waals surface area contributed by atoms with Crippen molar-refractivity contribution in [3.05, 3.63) is 22.4 Å². The van der Waals surface area contributed by atoms with E-state index in [0.717, 1.165) is 0 Å². The van der Waals surface area contributed by atoms with Crippen LogP contribution in [0.2, 0.25) is 0 Å². The first-order chi connectivity index (χ1) is 6.11. The second kappa shape index (κ2) is 4.53. The summed E-state index contributed by atoms with van der Waals surface area (Å²) >= 11 is 4.54. The zero-order valence-electron chi connectivity index (χ0n) is 6.91. The molecule has 5 heteroatoms. The molecule has 0 aliphatic rings. The van der Waals surface area contributed by atoms with E-state index >= 15 is 0 Å². The molecule has 1 amide bonds. The third-order valence-electron chi connectivity index (χ3n) is 1.37. The predicted molar refractivity (Wildman–Crippen MR) is 55.2 cm³/mol. The fourth-order valence-corrected chi connectivity index (χ4v) is 2.03. The Hall–Kier alpha value is -0.680. The van der Waals surface area contributed by atoms with Crippen molar-refractivity contribution in [1.29, 1.82) is 0 Å². The molecule has 1 atom stereocenters. The van der Waals surface area contributed by atoms with Crippen LogP contribution in [0.5, 0.6) is 0 Å². The van der Waals surface area contributed by atoms with Crippen LogP contribution in [0.25, 0.3) is 0 Å². The van der Waals surface area contributed by atoms with E-state index in [0.29, 0.717) is 5.56 Å². The second-order valence-corrected chi connectivity index (χ2v) is 4.14. The van der Waals surface area contributed by atoms with Gasteiger partial charge in [0.15, 0.2) is 5.78 Å². The highest BCUT2D eigenvalue weighted by Crippen LogP contribution is 2.11. The van der Waals surface area contributed by atoms with Crippen molar-refractivity contribution in [3.8, 4) is 0 Å². The third-order valence-corrected chi connectivity index (χ3v) is 2.69. The molecule has 0 saturated carbocycles. The van der Waals surface area contributed by atoms with E-state index in [-0.39, 0.29) is 11.7 Å². The first kappa shape index (κ1) is 10.4. The van der Waals surface area contributed by atoms with Crippen LogP contribution >= 0.6 is 27.3 Å². The summed E-state index contributed by atoms with van der Waals surface area (Å²) < 4.78 is 0. The molecule has 0 fully saturated rings. The number of amides is 1. The zero-order valence-corrected chi connectivity index (χ0v) is 9.31. The van der Waals surface area contributed by atoms with Gasteiger partial charge < -0.3 is 5.32 Å². The van der Waals surface area contributed by atoms with E-state index in [1.165, 1.54) is 18.3 Å². The Bertz CT molecular complexity index is 310. The number of Topliss-reactive ketones (excluding diaryl/α,β-unsaturated/α-hetero) is 1. The Morgan fingerprint density at radius 2 is 2.31 bits per heavy atom. The third kappa shape index (κ3) is 2.93. The minimum Gasteiger partial charge on any atom is -0.337 e. The lowest BCUT2D eigenvalue weighted by Crippen LogP contribution is -2.34. The fourth-order valence-electron chi connectivity index (χ4n) is 0.795. The van der Waals surface area contributed by atoms with Gasteiger partial charge in [-0.3, -0.25) is 9.59 Å². The summed E-state index contributed by atoms with van der Waals surface area (Å²) in [5, 5.41) is 6.03. The van der Waals surface area contributed by atoms with Crippen LogP contribution in [-0.4, -0.2) is 16.6 Å². The molecule has 0 bridgehead atoms. The largest absolute Gasteiger partial charge is 0.337 e. The van der Waals surface area contributed by atoms with E-state index in [4.69, 9.17) is 0 Å². The van der Waals surface area contributed by atoms with Gasteiger partial charge in [0.1, 0.15) is 4.95 Å². The van der Waals surface area contributed by atoms with Crippen LogP contribution in [0.4, 0.5) is 0 Å². The topological polar surface area (TPSA) is 46.2 Å². The van der Waals surface area contributed by atoms with Crippen LogP contribution in [0.1, 0.15) is 17.3 Å². The van der Waals surface area contributed by atoms with E-state index in [1.54, 1.807) is 11.4 Å². The molecule has 0 aliphatic heterocycles. The minimum atomic E-state index is -0.625. The Labute approximate surface area is 88.3 Å². The number of nitrogens with one attached hydrogen (secondary N) is 1. The Kier molecular flexibility index (Phi) is 3.62. The van der Waals surface area contributed by atoms with Crippen molar-refractivity contribution in [2.24, 2.45) is 0 Å². The van der Waals surface area contributed by atoms with Gasteiger partial charge in [-0.25, -0.2) is 0 Å². The average molecular weight is 262 g/mol. The number of carbonyl (C=O) groups is 2. The predicted octanol–water partition coefficient (Wildman–Crippen LogP) is 1.79. The molecule has 1 rings (SSSR count). The number of hydrogen-bond donors (Lipinski definition) is 1. The standard InChI is InChI=1S/C8H8BrNO2S/c1-5(11)10-8(9)7(12)6-2-3-13-4-6/h2-4,8H,1H3,(H,10,11). The summed E-state index contributed by atoms with van der Waals surface area (Å²) in [5.74, 6) is -0.359. The van der Waals surface area contributed by atoms with E-state index in [9.17, 15) is 9.59 Å². The molecule has 1 unspecified atom stereocenters. The molecule has 3 nitrogen and oxygen atoms in total. The second-order valence-electron chi connectivity index (χ2n) is 2.44. The van der Waals surface area contributed by atoms with Crippen molar-refractivity contribution in [1.82, 2.24) is 5.32 Å². The zero-order chi connectivity index (χ0) is 9.84. The van der Waals surface area contributed by atoms with Gasteiger partial charge in [0.05, 0.1) is 0 Å². The Balaban J connectivity index is 2.63. The monoisotopic (exact) mass is 261 g/mol. The van der Waals surface area contributed by atoms with E-state index < -0.39 is 4.95 Å². The van der Waals surface area contributed by atoms with Crippen LogP contribution in [-0.2, 0) is 4.79 Å². The van der Waals surface area contributed by atoms with Gasteiger partial charge in [-0.1, -0.05) is 15.9 Å². The summed E-state index contributed by atoms with van der Waals surface area (Å²) in [6, 6.07) is 1.73. The minimum absolute atomic E-state index is 0.128. The number of halogens is 1. The van der Waals surface area contributed by atoms with E-state index in [1.807, 2.05) is 5.38 Å². The molecule has 1 N–H and O–H groups in total. The molecule has 0 aromatic carbocycles. The molecule has 13 heavy (non-hydrogen) atoms. The van der Waals surface area contributed by atoms with Crippen LogP contribution in [0, 0.1) is 0 Å². The molecule has 0 saturated heterocycles. The average Bonchev–Trinajstić information content (AvgIpc) is 2.53. The maximum atomic E-state index is 11.5. The van der Waals surface area contributed by atoms with Gasteiger partial charge in [-0.2, -0.15) is 11.3 Å². The number of alkyl halides is 1. The van der Waals surface area contributed by atoms with Gasteiger partial charge in [0.25, 0.3) is 0 Å².